The number of imidazole rings is 2. The molecule has 5 nitrogen and oxygen atoms in total. The van der Waals surface area contributed by atoms with Crippen molar-refractivity contribution < 1.29 is 17.7 Å². The van der Waals surface area contributed by atoms with E-state index in [0.717, 1.165) is 28.7 Å². The Labute approximate surface area is 177 Å². The van der Waals surface area contributed by atoms with Crippen molar-refractivity contribution >= 4 is 27.9 Å². The van der Waals surface area contributed by atoms with Crippen molar-refractivity contribution in [1.29, 1.82) is 0 Å². The summed E-state index contributed by atoms with van der Waals surface area (Å²) in [6.45, 7) is 0. The maximum absolute atomic E-state index is 12.9. The van der Waals surface area contributed by atoms with E-state index in [4.69, 9.17) is 0 Å². The van der Waals surface area contributed by atoms with E-state index in [9.17, 15) is 17.7 Å². The predicted molar refractivity (Wildman–Crippen MR) is 112 cm³/mol. The summed E-state index contributed by atoms with van der Waals surface area (Å²) in [5, 5.41) is 0.387. The molecular weight excluding hydrogens is 425 g/mol. The zero-order chi connectivity index (χ0) is 21.6. The first-order chi connectivity index (χ1) is 14.9. The van der Waals surface area contributed by atoms with Gasteiger partial charge in [0.15, 0.2) is 0 Å². The lowest BCUT2D eigenvalue weighted by atomic mass is 10.1. The summed E-state index contributed by atoms with van der Waals surface area (Å²) >= 11 is -1.42. The van der Waals surface area contributed by atoms with Crippen LogP contribution >= 0.6 is 0 Å². The van der Waals surface area contributed by atoms with Gasteiger partial charge in [0.05, 0.1) is 28.5 Å². The number of para-hydroxylation sites is 2. The molecular formula is C22H15F3N4OS. The number of nitrogens with one attached hydrogen (secondary N) is 1. The van der Waals surface area contributed by atoms with Gasteiger partial charge in [0, 0.05) is 28.5 Å². The molecule has 0 aliphatic carbocycles. The van der Waals surface area contributed by atoms with E-state index < -0.39 is 22.9 Å². The van der Waals surface area contributed by atoms with Crippen LogP contribution in [0.3, 0.4) is 0 Å². The summed E-state index contributed by atoms with van der Waals surface area (Å²) < 4.78 is 53.2. The molecule has 0 aliphatic heterocycles. The Balaban J connectivity index is 1.46. The van der Waals surface area contributed by atoms with Crippen LogP contribution in [0.15, 0.2) is 78.2 Å². The molecule has 0 saturated carbocycles. The molecule has 1 unspecified atom stereocenters. The summed E-state index contributed by atoms with van der Waals surface area (Å²) in [6.07, 6.45) is -1.000. The van der Waals surface area contributed by atoms with Crippen molar-refractivity contribution in [1.82, 2.24) is 19.4 Å². The number of H-pyrrole nitrogens is 1. The van der Waals surface area contributed by atoms with E-state index in [1.807, 2.05) is 30.3 Å². The average molecular weight is 440 g/mol. The van der Waals surface area contributed by atoms with Gasteiger partial charge in [-0.15, -0.1) is 0 Å². The largest absolute Gasteiger partial charge is 0.609 e. The molecule has 0 spiro atoms. The Morgan fingerprint density at radius 1 is 1.00 bits per heavy atom. The molecule has 3 heterocycles. The van der Waals surface area contributed by atoms with Gasteiger partial charge in [-0.1, -0.05) is 24.3 Å². The third-order valence-electron chi connectivity index (χ3n) is 4.99. The summed E-state index contributed by atoms with van der Waals surface area (Å²) in [5.41, 5.74) is 3.47. The minimum Gasteiger partial charge on any atom is -0.609 e. The van der Waals surface area contributed by atoms with Gasteiger partial charge in [-0.2, -0.15) is 18.2 Å². The van der Waals surface area contributed by atoms with Gasteiger partial charge in [0.25, 0.3) is 0 Å². The van der Waals surface area contributed by atoms with Crippen molar-refractivity contribution in [3.63, 3.8) is 0 Å². The lowest BCUT2D eigenvalue weighted by Crippen LogP contribution is -2.08. The quantitative estimate of drug-likeness (QED) is 0.391. The molecule has 0 radical (unpaired) electrons. The number of aromatic nitrogens is 4. The van der Waals surface area contributed by atoms with Crippen LogP contribution in [0, 0.1) is 0 Å². The molecule has 5 rings (SSSR count). The number of fused-ring (bicyclic) bond motifs is 2. The molecule has 1 atom stereocenters. The second-order valence-electron chi connectivity index (χ2n) is 6.99. The minimum absolute atomic E-state index is 0.202. The zero-order valence-corrected chi connectivity index (χ0v) is 16.7. The average Bonchev–Trinajstić information content (AvgIpc) is 3.38. The van der Waals surface area contributed by atoms with Gasteiger partial charge >= 0.3 is 11.3 Å². The number of aromatic amines is 1. The molecule has 0 aliphatic rings. The second kappa shape index (κ2) is 7.44. The summed E-state index contributed by atoms with van der Waals surface area (Å²) in [7, 11) is 0. The van der Waals surface area contributed by atoms with Crippen LogP contribution in [0.4, 0.5) is 13.2 Å². The van der Waals surface area contributed by atoms with Crippen molar-refractivity contribution in [2.75, 3.05) is 0 Å². The zero-order valence-electron chi connectivity index (χ0n) is 15.9. The van der Waals surface area contributed by atoms with Crippen LogP contribution in [0.2, 0.25) is 0 Å². The SMILES string of the molecule is [O-][S+](Cc1cccn2c(-c3ccc(C(F)(F)F)cc3)cnc12)c1nc2ccccc2[nH]1. The van der Waals surface area contributed by atoms with E-state index >= 15 is 0 Å². The van der Waals surface area contributed by atoms with Crippen molar-refractivity contribution in [3.8, 4) is 11.3 Å². The lowest BCUT2D eigenvalue weighted by molar-refractivity contribution is -0.137. The summed E-state index contributed by atoms with van der Waals surface area (Å²) in [4.78, 5) is 11.9. The topological polar surface area (TPSA) is 69.0 Å². The van der Waals surface area contributed by atoms with Gasteiger partial charge in [0.1, 0.15) is 11.4 Å². The number of benzene rings is 2. The summed E-state index contributed by atoms with van der Waals surface area (Å²) in [6, 6.07) is 16.0. The smallest absolute Gasteiger partial charge is 0.416 e. The Kier molecular flexibility index (Phi) is 4.71. The van der Waals surface area contributed by atoms with Crippen LogP contribution in [0.5, 0.6) is 0 Å². The van der Waals surface area contributed by atoms with Crippen LogP contribution < -0.4 is 0 Å². The first-order valence-corrected chi connectivity index (χ1v) is 10.7. The summed E-state index contributed by atoms with van der Waals surface area (Å²) in [5.74, 6) is 0.202. The maximum atomic E-state index is 12.9. The van der Waals surface area contributed by atoms with Gasteiger partial charge in [-0.25, -0.2) is 4.98 Å². The fourth-order valence-electron chi connectivity index (χ4n) is 3.47. The molecule has 31 heavy (non-hydrogen) atoms. The highest BCUT2D eigenvalue weighted by Gasteiger charge is 2.30. The fraction of sp³-hybridized carbons (Fsp3) is 0.0909. The molecule has 0 fully saturated rings. The second-order valence-corrected chi connectivity index (χ2v) is 8.36. The van der Waals surface area contributed by atoms with Gasteiger partial charge < -0.3 is 4.55 Å². The van der Waals surface area contributed by atoms with Crippen LogP contribution in [0.25, 0.3) is 27.9 Å². The number of rotatable bonds is 4. The molecule has 9 heteroatoms. The Bertz CT molecular complexity index is 1340. The van der Waals surface area contributed by atoms with Crippen LogP contribution in [0.1, 0.15) is 11.1 Å². The number of halogens is 3. The number of alkyl halides is 3. The van der Waals surface area contributed by atoms with Crippen molar-refractivity contribution in [3.05, 3.63) is 84.2 Å². The van der Waals surface area contributed by atoms with E-state index in [2.05, 4.69) is 15.0 Å². The third-order valence-corrected chi connectivity index (χ3v) is 6.19. The minimum atomic E-state index is -4.38. The molecule has 0 saturated heterocycles. The van der Waals surface area contributed by atoms with E-state index in [1.54, 1.807) is 22.9 Å². The highest BCUT2D eigenvalue weighted by molar-refractivity contribution is 7.90. The van der Waals surface area contributed by atoms with Crippen LogP contribution in [-0.2, 0) is 23.1 Å². The molecule has 1 N–H and O–H groups in total. The van der Waals surface area contributed by atoms with Crippen molar-refractivity contribution in [2.45, 2.75) is 17.1 Å². The molecule has 3 aromatic heterocycles. The predicted octanol–water partition coefficient (Wildman–Crippen LogP) is 5.20. The number of pyridine rings is 1. The first-order valence-electron chi connectivity index (χ1n) is 9.36. The molecule has 0 amide bonds. The molecule has 5 aromatic rings. The monoisotopic (exact) mass is 440 g/mol. The van der Waals surface area contributed by atoms with Crippen LogP contribution in [-0.4, -0.2) is 23.9 Å². The fourth-order valence-corrected chi connectivity index (χ4v) is 4.54. The third kappa shape index (κ3) is 3.66. The Hall–Kier alpha value is -3.30. The Morgan fingerprint density at radius 2 is 1.77 bits per heavy atom. The number of nitrogens with zero attached hydrogens (tertiary/aromatic N) is 3. The van der Waals surface area contributed by atoms with E-state index in [0.29, 0.717) is 22.1 Å². The molecule has 0 bridgehead atoms. The Morgan fingerprint density at radius 3 is 2.52 bits per heavy atom. The molecule has 156 valence electrons. The van der Waals surface area contributed by atoms with E-state index in [1.165, 1.54) is 12.1 Å². The van der Waals surface area contributed by atoms with Gasteiger partial charge in [-0.05, 0) is 36.4 Å². The van der Waals surface area contributed by atoms with Gasteiger partial charge in [-0.3, -0.25) is 9.38 Å². The van der Waals surface area contributed by atoms with Crippen molar-refractivity contribution in [2.24, 2.45) is 0 Å². The first kappa shape index (κ1) is 19.7. The number of hydrogen-bond donors (Lipinski definition) is 1. The number of hydrogen-bond acceptors (Lipinski definition) is 3. The highest BCUT2D eigenvalue weighted by Crippen LogP contribution is 2.31. The maximum Gasteiger partial charge on any atom is 0.416 e. The highest BCUT2D eigenvalue weighted by atomic mass is 32.2. The normalized spacial score (nSPS) is 13.2. The van der Waals surface area contributed by atoms with E-state index in [-0.39, 0.29) is 5.75 Å². The van der Waals surface area contributed by atoms with Gasteiger partial charge in [0.2, 0.25) is 0 Å². The standard InChI is InChI=1S/C22H15F3N4OS/c23-22(24,25)16-9-7-14(8-10-16)19-12-26-20-15(4-3-11-29(19)20)13-31(30)21-27-17-5-1-2-6-18(17)28-21/h1-12H,13H2,(H,27,28). The lowest BCUT2D eigenvalue weighted by Gasteiger charge is -2.09. The molecule has 2 aromatic carbocycles.